The number of nitrogens with one attached hydrogen (secondary N) is 1. The van der Waals surface area contributed by atoms with E-state index in [1.807, 2.05) is 60.7 Å². The van der Waals surface area contributed by atoms with Gasteiger partial charge in [-0.1, -0.05) is 60.7 Å². The Morgan fingerprint density at radius 3 is 2.07 bits per heavy atom. The highest BCUT2D eigenvalue weighted by Crippen LogP contribution is 2.36. The van der Waals surface area contributed by atoms with Crippen LogP contribution in [0.15, 0.2) is 70.9 Å². The van der Waals surface area contributed by atoms with E-state index < -0.39 is 11.7 Å². The molecule has 138 valence electrons. The molecule has 0 saturated heterocycles. The van der Waals surface area contributed by atoms with Crippen molar-refractivity contribution in [3.05, 3.63) is 71.8 Å². The van der Waals surface area contributed by atoms with E-state index in [2.05, 4.69) is 21.5 Å². The van der Waals surface area contributed by atoms with Gasteiger partial charge >= 0.3 is 0 Å². The normalized spacial score (nSPS) is 15.1. The predicted octanol–water partition coefficient (Wildman–Crippen LogP) is 3.23. The molecule has 1 heterocycles. The van der Waals surface area contributed by atoms with Crippen molar-refractivity contribution < 1.29 is 4.79 Å². The largest absolute Gasteiger partial charge is 0.355 e. The first-order chi connectivity index (χ1) is 13.2. The number of carbonyl (C=O) groups is 1. The minimum absolute atomic E-state index is 0.180. The van der Waals surface area contributed by atoms with Gasteiger partial charge in [-0.2, -0.15) is 10.2 Å². The highest BCUT2D eigenvalue weighted by atomic mass is 16.2. The molecule has 1 aliphatic heterocycles. The average molecular weight is 360 g/mol. The molecule has 2 aromatic rings. The zero-order valence-corrected chi connectivity index (χ0v) is 15.2. The maximum absolute atomic E-state index is 12.7. The second-order valence-corrected chi connectivity index (χ2v) is 6.75. The van der Waals surface area contributed by atoms with Crippen LogP contribution >= 0.6 is 0 Å². The summed E-state index contributed by atoms with van der Waals surface area (Å²) in [7, 11) is 0. The number of rotatable bonds is 9. The van der Waals surface area contributed by atoms with Gasteiger partial charge in [-0.05, 0) is 11.1 Å². The Balaban J connectivity index is 1.64. The summed E-state index contributed by atoms with van der Waals surface area (Å²) in [6.07, 6.45) is 7.31. The van der Waals surface area contributed by atoms with Crippen LogP contribution in [-0.4, -0.2) is 24.2 Å². The highest BCUT2D eigenvalue weighted by Gasteiger charge is 2.39. The van der Waals surface area contributed by atoms with Crippen LogP contribution in [0.3, 0.4) is 0 Å². The van der Waals surface area contributed by atoms with Gasteiger partial charge < -0.3 is 11.1 Å². The van der Waals surface area contributed by atoms with Crippen LogP contribution in [0.2, 0.25) is 0 Å². The molecule has 5 nitrogen and oxygen atoms in total. The summed E-state index contributed by atoms with van der Waals surface area (Å²) in [5.41, 5.74) is 8.02. The van der Waals surface area contributed by atoms with Crippen molar-refractivity contribution in [3.8, 4) is 12.3 Å². The van der Waals surface area contributed by atoms with Crippen molar-refractivity contribution in [1.82, 2.24) is 5.32 Å². The predicted molar refractivity (Wildman–Crippen MR) is 106 cm³/mol. The van der Waals surface area contributed by atoms with E-state index in [1.54, 1.807) is 0 Å². The Morgan fingerprint density at radius 2 is 1.59 bits per heavy atom. The van der Waals surface area contributed by atoms with E-state index in [0.29, 0.717) is 19.4 Å². The number of hydrogen-bond acceptors (Lipinski definition) is 4. The van der Waals surface area contributed by atoms with Crippen molar-refractivity contribution in [3.63, 3.8) is 0 Å². The molecule has 27 heavy (non-hydrogen) atoms. The Labute approximate surface area is 160 Å². The lowest BCUT2D eigenvalue weighted by molar-refractivity contribution is -0.122. The van der Waals surface area contributed by atoms with Gasteiger partial charge in [0.1, 0.15) is 0 Å². The Morgan fingerprint density at radius 1 is 1.04 bits per heavy atom. The van der Waals surface area contributed by atoms with Crippen molar-refractivity contribution in [2.75, 3.05) is 6.54 Å². The first-order valence-corrected chi connectivity index (χ1v) is 9.16. The molecule has 1 aliphatic rings. The average Bonchev–Trinajstić information content (AvgIpc) is 3.48. The second-order valence-electron chi connectivity index (χ2n) is 6.75. The summed E-state index contributed by atoms with van der Waals surface area (Å²) < 4.78 is 0. The van der Waals surface area contributed by atoms with Gasteiger partial charge in [0.2, 0.25) is 5.91 Å². The molecular weight excluding hydrogens is 336 g/mol. The third kappa shape index (κ3) is 4.81. The van der Waals surface area contributed by atoms with Gasteiger partial charge in [-0.25, -0.2) is 0 Å². The molecule has 0 saturated carbocycles. The third-order valence-electron chi connectivity index (χ3n) is 4.86. The van der Waals surface area contributed by atoms with Crippen LogP contribution in [0.1, 0.15) is 36.3 Å². The lowest BCUT2D eigenvalue weighted by atomic mass is 9.85. The number of nitrogens with zero attached hydrogens (tertiary/aromatic N) is 2. The fourth-order valence-electron chi connectivity index (χ4n) is 3.25. The molecule has 5 heteroatoms. The fraction of sp³-hybridized carbons (Fsp3) is 0.318. The SMILES string of the molecule is C#CCCC1(CCNC(=O)[C@@H](N)C(c2ccccc2)c2ccccc2)N=N1. The summed E-state index contributed by atoms with van der Waals surface area (Å²) in [5.74, 6) is 2.21. The maximum atomic E-state index is 12.7. The molecule has 3 rings (SSSR count). The summed E-state index contributed by atoms with van der Waals surface area (Å²) in [6.45, 7) is 0.473. The second kappa shape index (κ2) is 8.61. The van der Waals surface area contributed by atoms with Gasteiger partial charge in [0.15, 0.2) is 5.66 Å². The van der Waals surface area contributed by atoms with Gasteiger partial charge in [-0.3, -0.25) is 4.79 Å². The van der Waals surface area contributed by atoms with Crippen molar-refractivity contribution in [2.24, 2.45) is 16.0 Å². The van der Waals surface area contributed by atoms with Crippen LogP contribution in [0.5, 0.6) is 0 Å². The number of terminal acetylenes is 1. The lowest BCUT2D eigenvalue weighted by Gasteiger charge is -2.24. The Hall–Kier alpha value is -2.97. The monoisotopic (exact) mass is 360 g/mol. The van der Waals surface area contributed by atoms with Crippen LogP contribution in [0, 0.1) is 12.3 Å². The summed E-state index contributed by atoms with van der Waals surface area (Å²) in [6, 6.07) is 19.1. The molecule has 0 bridgehead atoms. The first kappa shape index (κ1) is 18.8. The number of hydrogen-bond donors (Lipinski definition) is 2. The number of amides is 1. The quantitative estimate of drug-likeness (QED) is 0.673. The highest BCUT2D eigenvalue weighted by molar-refractivity contribution is 5.83. The van der Waals surface area contributed by atoms with Crippen molar-refractivity contribution in [1.29, 1.82) is 0 Å². The van der Waals surface area contributed by atoms with E-state index in [9.17, 15) is 4.79 Å². The van der Waals surface area contributed by atoms with E-state index in [1.165, 1.54) is 0 Å². The van der Waals surface area contributed by atoms with Gasteiger partial charge in [0.25, 0.3) is 0 Å². The molecule has 0 radical (unpaired) electrons. The first-order valence-electron chi connectivity index (χ1n) is 9.16. The smallest absolute Gasteiger partial charge is 0.237 e. The summed E-state index contributed by atoms with van der Waals surface area (Å²) in [4.78, 5) is 12.7. The minimum Gasteiger partial charge on any atom is -0.355 e. The molecule has 0 fully saturated rings. The molecule has 0 aromatic heterocycles. The summed E-state index contributed by atoms with van der Waals surface area (Å²) in [5, 5.41) is 11.1. The van der Waals surface area contributed by atoms with Gasteiger partial charge in [0, 0.05) is 31.7 Å². The number of carbonyl (C=O) groups excluding carboxylic acids is 1. The maximum Gasteiger partial charge on any atom is 0.237 e. The topological polar surface area (TPSA) is 79.8 Å². The molecule has 3 N–H and O–H groups in total. The molecule has 0 unspecified atom stereocenters. The number of benzene rings is 2. The lowest BCUT2D eigenvalue weighted by Crippen LogP contribution is -2.45. The van der Waals surface area contributed by atoms with E-state index >= 15 is 0 Å². The molecule has 2 aromatic carbocycles. The summed E-state index contributed by atoms with van der Waals surface area (Å²) >= 11 is 0. The van der Waals surface area contributed by atoms with Crippen LogP contribution in [0.25, 0.3) is 0 Å². The van der Waals surface area contributed by atoms with Crippen LogP contribution in [0.4, 0.5) is 0 Å². The molecule has 1 amide bonds. The minimum atomic E-state index is -0.690. The third-order valence-corrected chi connectivity index (χ3v) is 4.86. The molecule has 0 spiro atoms. The van der Waals surface area contributed by atoms with Gasteiger partial charge in [0.05, 0.1) is 6.04 Å². The number of nitrogens with two attached hydrogens (primary N) is 1. The fourth-order valence-corrected chi connectivity index (χ4v) is 3.25. The van der Waals surface area contributed by atoms with Crippen LogP contribution in [-0.2, 0) is 4.79 Å². The van der Waals surface area contributed by atoms with Crippen molar-refractivity contribution in [2.45, 2.75) is 36.9 Å². The molecule has 1 atom stereocenters. The van der Waals surface area contributed by atoms with Crippen molar-refractivity contribution >= 4 is 5.91 Å². The molecular formula is C22H24N4O. The van der Waals surface area contributed by atoms with E-state index in [4.69, 9.17) is 12.2 Å². The van der Waals surface area contributed by atoms with E-state index in [0.717, 1.165) is 17.5 Å². The van der Waals surface area contributed by atoms with E-state index in [-0.39, 0.29) is 11.8 Å². The van der Waals surface area contributed by atoms with Crippen LogP contribution < -0.4 is 11.1 Å². The zero-order chi connectivity index (χ0) is 19.1. The molecule has 0 aliphatic carbocycles. The zero-order valence-electron chi connectivity index (χ0n) is 15.2. The van der Waals surface area contributed by atoms with Gasteiger partial charge in [-0.15, -0.1) is 12.3 Å². The Kier molecular flexibility index (Phi) is 6.00. The standard InChI is InChI=1S/C22H24N4O/c1-2-3-14-22(25-26-22)15-16-24-21(27)20(23)19(17-10-6-4-7-11-17)18-12-8-5-9-13-18/h1,4-13,19-20H,3,14-16,23H2,(H,24,27)/t20-/m0/s1. The Bertz CT molecular complexity index is 781.